The number of nitrogens with zero attached hydrogens (tertiary/aromatic N) is 1. The smallest absolute Gasteiger partial charge is 0.327 e. The van der Waals surface area contributed by atoms with Crippen molar-refractivity contribution in [2.75, 3.05) is 24.4 Å². The molecule has 1 aliphatic carbocycles. The van der Waals surface area contributed by atoms with Gasteiger partial charge < -0.3 is 15.3 Å². The summed E-state index contributed by atoms with van der Waals surface area (Å²) in [7, 11) is 0. The highest BCUT2D eigenvalue weighted by Gasteiger charge is 2.37. The zero-order chi connectivity index (χ0) is 13.9. The van der Waals surface area contributed by atoms with Gasteiger partial charge in [0.05, 0.1) is 5.88 Å². The molecule has 0 unspecified atom stereocenters. The number of hydrogen-bond donors (Lipinski definition) is 2. The largest absolute Gasteiger partial charge is 0.480 e. The molecule has 0 aromatic rings. The van der Waals surface area contributed by atoms with Crippen LogP contribution >= 0.6 is 23.5 Å². The second-order valence-electron chi connectivity index (χ2n) is 5.08. The highest BCUT2D eigenvalue weighted by molar-refractivity contribution is 8.00. The van der Waals surface area contributed by atoms with Crippen LogP contribution in [0.3, 0.4) is 0 Å². The van der Waals surface area contributed by atoms with Crippen LogP contribution in [0.1, 0.15) is 25.7 Å². The first kappa shape index (κ1) is 14.8. The van der Waals surface area contributed by atoms with Gasteiger partial charge in [-0.15, -0.1) is 11.8 Å². The third kappa shape index (κ3) is 3.31. The Balaban J connectivity index is 1.88. The van der Waals surface area contributed by atoms with Crippen molar-refractivity contribution in [2.45, 2.75) is 36.5 Å². The molecule has 0 bridgehead atoms. The Kier molecular flexibility index (Phi) is 4.89. The average molecular weight is 304 g/mol. The standard InChI is InChI=1S/C12H20N2O3S2/c1-18-12(4-2-3-5-12)7-13-11(17)14-8-19-6-9(14)10(15)16/h9H,2-8H2,1H3,(H,13,17)(H,15,16)/t9-/m0/s1. The lowest BCUT2D eigenvalue weighted by Crippen LogP contribution is -2.49. The van der Waals surface area contributed by atoms with Crippen LogP contribution in [0, 0.1) is 0 Å². The average Bonchev–Trinajstić information content (AvgIpc) is 3.05. The molecular weight excluding hydrogens is 284 g/mol. The number of hydrogen-bond acceptors (Lipinski definition) is 4. The fraction of sp³-hybridized carbons (Fsp3) is 0.833. The number of amides is 2. The summed E-state index contributed by atoms with van der Waals surface area (Å²) in [5.74, 6) is 0.0338. The summed E-state index contributed by atoms with van der Waals surface area (Å²) in [5.41, 5.74) is 0. The lowest BCUT2D eigenvalue weighted by atomic mass is 10.1. The number of carboxylic acid groups (broad SMARTS) is 1. The highest BCUT2D eigenvalue weighted by atomic mass is 32.2. The van der Waals surface area contributed by atoms with Crippen LogP contribution in [0.5, 0.6) is 0 Å². The summed E-state index contributed by atoms with van der Waals surface area (Å²) in [4.78, 5) is 24.6. The minimum absolute atomic E-state index is 0.154. The van der Waals surface area contributed by atoms with Crippen molar-refractivity contribution in [3.63, 3.8) is 0 Å². The first-order valence-electron chi connectivity index (χ1n) is 6.48. The molecule has 2 rings (SSSR count). The van der Waals surface area contributed by atoms with E-state index >= 15 is 0 Å². The molecule has 2 amide bonds. The number of rotatable bonds is 4. The molecule has 0 aromatic heterocycles. The summed E-state index contributed by atoms with van der Waals surface area (Å²) >= 11 is 3.31. The normalized spacial score (nSPS) is 25.5. The Morgan fingerprint density at radius 2 is 2.16 bits per heavy atom. The molecule has 2 fully saturated rings. The predicted molar refractivity (Wildman–Crippen MR) is 78.7 cm³/mol. The topological polar surface area (TPSA) is 69.6 Å². The van der Waals surface area contributed by atoms with Gasteiger partial charge in [-0.3, -0.25) is 0 Å². The van der Waals surface area contributed by atoms with Crippen LogP contribution in [-0.2, 0) is 4.79 Å². The second kappa shape index (κ2) is 6.26. The third-order valence-electron chi connectivity index (χ3n) is 3.94. The zero-order valence-electron chi connectivity index (χ0n) is 11.1. The Labute approximate surface area is 121 Å². The molecule has 1 atom stereocenters. The molecule has 108 valence electrons. The number of carboxylic acids is 1. The van der Waals surface area contributed by atoms with E-state index in [0.29, 0.717) is 18.2 Å². The van der Waals surface area contributed by atoms with Gasteiger partial charge in [-0.05, 0) is 19.1 Å². The van der Waals surface area contributed by atoms with Gasteiger partial charge in [0.15, 0.2) is 0 Å². The number of aliphatic carboxylic acids is 1. The Morgan fingerprint density at radius 3 is 2.74 bits per heavy atom. The van der Waals surface area contributed by atoms with E-state index in [-0.39, 0.29) is 10.8 Å². The molecule has 0 aromatic carbocycles. The van der Waals surface area contributed by atoms with Crippen molar-refractivity contribution in [2.24, 2.45) is 0 Å². The zero-order valence-corrected chi connectivity index (χ0v) is 12.7. The molecule has 1 heterocycles. The van der Waals surface area contributed by atoms with Gasteiger partial charge in [0.2, 0.25) is 0 Å². The molecule has 1 aliphatic heterocycles. The molecule has 1 saturated heterocycles. The van der Waals surface area contributed by atoms with Crippen LogP contribution in [0.25, 0.3) is 0 Å². The van der Waals surface area contributed by atoms with Crippen molar-refractivity contribution >= 4 is 35.5 Å². The maximum atomic E-state index is 12.1. The molecule has 2 N–H and O–H groups in total. The lowest BCUT2D eigenvalue weighted by Gasteiger charge is -2.29. The molecule has 2 aliphatic rings. The second-order valence-corrected chi connectivity index (χ2v) is 7.35. The third-order valence-corrected chi connectivity index (χ3v) is 6.37. The van der Waals surface area contributed by atoms with E-state index in [1.807, 2.05) is 11.8 Å². The molecule has 7 heteroatoms. The predicted octanol–water partition coefficient (Wildman–Crippen LogP) is 1.83. The Hall–Kier alpha value is -0.560. The maximum absolute atomic E-state index is 12.1. The Morgan fingerprint density at radius 1 is 1.47 bits per heavy atom. The highest BCUT2D eigenvalue weighted by Crippen LogP contribution is 2.39. The van der Waals surface area contributed by atoms with Crippen molar-refractivity contribution in [3.05, 3.63) is 0 Å². The van der Waals surface area contributed by atoms with Gasteiger partial charge in [-0.1, -0.05) is 12.8 Å². The van der Waals surface area contributed by atoms with Gasteiger partial charge in [-0.25, -0.2) is 9.59 Å². The van der Waals surface area contributed by atoms with Crippen LogP contribution in [0.15, 0.2) is 0 Å². The maximum Gasteiger partial charge on any atom is 0.327 e. The fourth-order valence-corrected chi connectivity index (χ4v) is 4.72. The van der Waals surface area contributed by atoms with E-state index in [1.165, 1.54) is 29.5 Å². The molecule has 0 spiro atoms. The number of urea groups is 1. The van der Waals surface area contributed by atoms with Crippen molar-refractivity contribution < 1.29 is 14.7 Å². The lowest BCUT2D eigenvalue weighted by molar-refractivity contribution is -0.140. The van der Waals surface area contributed by atoms with Gasteiger partial charge in [0.25, 0.3) is 0 Å². The minimum atomic E-state index is -0.916. The molecule has 19 heavy (non-hydrogen) atoms. The summed E-state index contributed by atoms with van der Waals surface area (Å²) in [6.07, 6.45) is 6.78. The van der Waals surface area contributed by atoms with Crippen molar-refractivity contribution in [3.8, 4) is 0 Å². The van der Waals surface area contributed by atoms with E-state index in [0.717, 1.165) is 12.8 Å². The van der Waals surface area contributed by atoms with Gasteiger partial charge in [0, 0.05) is 17.0 Å². The van der Waals surface area contributed by atoms with Gasteiger partial charge in [-0.2, -0.15) is 11.8 Å². The van der Waals surface area contributed by atoms with Gasteiger partial charge >= 0.3 is 12.0 Å². The molecular formula is C12H20N2O3S2. The molecule has 1 saturated carbocycles. The summed E-state index contributed by atoms with van der Waals surface area (Å²) in [5, 5.41) is 12.0. The number of carbonyl (C=O) groups is 2. The van der Waals surface area contributed by atoms with E-state index in [1.54, 1.807) is 0 Å². The number of carbonyl (C=O) groups excluding carboxylic acids is 1. The summed E-state index contributed by atoms with van der Waals surface area (Å²) < 4.78 is 0.154. The fourth-order valence-electron chi connectivity index (χ4n) is 2.66. The summed E-state index contributed by atoms with van der Waals surface area (Å²) in [6, 6.07) is -0.920. The Bertz CT molecular complexity index is 359. The van der Waals surface area contributed by atoms with Crippen LogP contribution in [-0.4, -0.2) is 57.2 Å². The van der Waals surface area contributed by atoms with E-state index in [4.69, 9.17) is 5.11 Å². The van der Waals surface area contributed by atoms with Crippen LogP contribution < -0.4 is 5.32 Å². The monoisotopic (exact) mass is 304 g/mol. The quantitative estimate of drug-likeness (QED) is 0.829. The number of thioether (sulfide) groups is 2. The van der Waals surface area contributed by atoms with E-state index < -0.39 is 12.0 Å². The van der Waals surface area contributed by atoms with Gasteiger partial charge in [0.1, 0.15) is 6.04 Å². The molecule has 5 nitrogen and oxygen atoms in total. The van der Waals surface area contributed by atoms with E-state index in [2.05, 4.69) is 11.6 Å². The van der Waals surface area contributed by atoms with Crippen molar-refractivity contribution in [1.29, 1.82) is 0 Å². The first-order valence-corrected chi connectivity index (χ1v) is 8.86. The minimum Gasteiger partial charge on any atom is -0.480 e. The SMILES string of the molecule is CSC1(CNC(=O)N2CSC[C@H]2C(=O)O)CCCC1. The van der Waals surface area contributed by atoms with Crippen molar-refractivity contribution in [1.82, 2.24) is 10.2 Å². The van der Waals surface area contributed by atoms with E-state index in [9.17, 15) is 9.59 Å². The first-order chi connectivity index (χ1) is 9.08. The van der Waals surface area contributed by atoms with Crippen LogP contribution in [0.2, 0.25) is 0 Å². The molecule has 0 radical (unpaired) electrons. The number of nitrogens with one attached hydrogen (secondary N) is 1. The summed E-state index contributed by atoms with van der Waals surface area (Å²) in [6.45, 7) is 0.639. The van der Waals surface area contributed by atoms with Crippen LogP contribution in [0.4, 0.5) is 4.79 Å².